The molecule has 2 aromatic rings. The molecular weight excluding hydrogens is 420 g/mol. The average molecular weight is 435 g/mol. The lowest BCUT2D eigenvalue weighted by atomic mass is 9.99. The normalized spacial score (nSPS) is 19.0. The van der Waals surface area contributed by atoms with Gasteiger partial charge in [-0.3, -0.25) is 19.8 Å². The van der Waals surface area contributed by atoms with E-state index in [9.17, 15) is 19.2 Å². The highest BCUT2D eigenvalue weighted by Crippen LogP contribution is 2.28. The molecule has 0 spiro atoms. The first-order valence-corrected chi connectivity index (χ1v) is 8.63. The lowest BCUT2D eigenvalue weighted by Crippen LogP contribution is -2.45. The van der Waals surface area contributed by atoms with Crippen molar-refractivity contribution < 1.29 is 23.6 Å². The van der Waals surface area contributed by atoms with E-state index in [0.717, 1.165) is 9.37 Å². The van der Waals surface area contributed by atoms with Crippen LogP contribution in [0.1, 0.15) is 12.7 Å². The molecule has 2 heterocycles. The Morgan fingerprint density at radius 2 is 1.93 bits per heavy atom. The Hall–Kier alpha value is -3.14. The summed E-state index contributed by atoms with van der Waals surface area (Å²) < 4.78 is 6.04. The SMILES string of the molecule is CC1(c2ccco2)NC(=O)N(CC(=O)NC(=O)Nc2ccc(Br)cc2)C1=O. The fourth-order valence-corrected chi connectivity index (χ4v) is 2.84. The number of nitrogens with one attached hydrogen (secondary N) is 3. The quantitative estimate of drug-likeness (QED) is 0.636. The van der Waals surface area contributed by atoms with Crippen LogP contribution in [0.25, 0.3) is 0 Å². The predicted octanol–water partition coefficient (Wildman–Crippen LogP) is 2.16. The van der Waals surface area contributed by atoms with Crippen LogP contribution >= 0.6 is 15.9 Å². The van der Waals surface area contributed by atoms with Crippen molar-refractivity contribution in [1.29, 1.82) is 0 Å². The van der Waals surface area contributed by atoms with Crippen LogP contribution in [-0.2, 0) is 15.1 Å². The molecule has 1 aromatic carbocycles. The van der Waals surface area contributed by atoms with Gasteiger partial charge in [-0.15, -0.1) is 0 Å². The van der Waals surface area contributed by atoms with Crippen molar-refractivity contribution in [2.24, 2.45) is 0 Å². The Kier molecular flexibility index (Phi) is 5.00. The van der Waals surface area contributed by atoms with Crippen LogP contribution in [0.15, 0.2) is 51.6 Å². The molecule has 1 fully saturated rings. The summed E-state index contributed by atoms with van der Waals surface area (Å²) in [5.74, 6) is -1.21. The third-order valence-corrected chi connectivity index (χ3v) is 4.47. The van der Waals surface area contributed by atoms with Crippen molar-refractivity contribution in [3.8, 4) is 0 Å². The topological polar surface area (TPSA) is 121 Å². The lowest BCUT2D eigenvalue weighted by molar-refractivity contribution is -0.135. The van der Waals surface area contributed by atoms with Gasteiger partial charge < -0.3 is 15.1 Å². The van der Waals surface area contributed by atoms with Crippen molar-refractivity contribution in [3.05, 3.63) is 52.9 Å². The number of amides is 6. The minimum Gasteiger partial charge on any atom is -0.466 e. The Morgan fingerprint density at radius 3 is 2.56 bits per heavy atom. The number of urea groups is 2. The number of hydrogen-bond acceptors (Lipinski definition) is 5. The highest BCUT2D eigenvalue weighted by atomic mass is 79.9. The van der Waals surface area contributed by atoms with E-state index in [4.69, 9.17) is 4.42 Å². The lowest BCUT2D eigenvalue weighted by Gasteiger charge is -2.18. The summed E-state index contributed by atoms with van der Waals surface area (Å²) >= 11 is 3.27. The van der Waals surface area contributed by atoms with E-state index in [1.54, 1.807) is 36.4 Å². The van der Waals surface area contributed by atoms with E-state index in [1.165, 1.54) is 13.2 Å². The van der Waals surface area contributed by atoms with Crippen molar-refractivity contribution >= 4 is 45.5 Å². The molecule has 9 nitrogen and oxygen atoms in total. The number of carbonyl (C=O) groups excluding carboxylic acids is 4. The number of halogens is 1. The number of carbonyl (C=O) groups is 4. The van der Waals surface area contributed by atoms with E-state index >= 15 is 0 Å². The third-order valence-electron chi connectivity index (χ3n) is 3.95. The summed E-state index contributed by atoms with van der Waals surface area (Å²) in [5.41, 5.74) is -0.926. The second-order valence-electron chi connectivity index (χ2n) is 5.93. The Balaban J connectivity index is 1.60. The van der Waals surface area contributed by atoms with Gasteiger partial charge in [-0.2, -0.15) is 0 Å². The van der Waals surface area contributed by atoms with Gasteiger partial charge in [0, 0.05) is 10.2 Å². The maximum Gasteiger partial charge on any atom is 0.325 e. The van der Waals surface area contributed by atoms with Gasteiger partial charge in [0.1, 0.15) is 12.3 Å². The summed E-state index contributed by atoms with van der Waals surface area (Å²) in [6.07, 6.45) is 1.38. The smallest absolute Gasteiger partial charge is 0.325 e. The molecular formula is C17H15BrN4O5. The summed E-state index contributed by atoms with van der Waals surface area (Å²) in [4.78, 5) is 49.4. The zero-order valence-corrected chi connectivity index (χ0v) is 15.7. The zero-order chi connectivity index (χ0) is 19.6. The summed E-state index contributed by atoms with van der Waals surface area (Å²) in [6.45, 7) is 0.874. The van der Waals surface area contributed by atoms with Crippen LogP contribution in [0.3, 0.4) is 0 Å². The second kappa shape index (κ2) is 7.23. The second-order valence-corrected chi connectivity index (χ2v) is 6.85. The Morgan fingerprint density at radius 1 is 1.22 bits per heavy atom. The molecule has 140 valence electrons. The van der Waals surface area contributed by atoms with Crippen molar-refractivity contribution in [1.82, 2.24) is 15.5 Å². The molecule has 1 aliphatic rings. The van der Waals surface area contributed by atoms with Crippen LogP contribution in [0, 0.1) is 0 Å². The number of furan rings is 1. The van der Waals surface area contributed by atoms with Crippen LogP contribution < -0.4 is 16.0 Å². The number of anilines is 1. The van der Waals surface area contributed by atoms with Gasteiger partial charge in [-0.05, 0) is 43.3 Å². The van der Waals surface area contributed by atoms with Crippen LogP contribution in [0.4, 0.5) is 15.3 Å². The first-order chi connectivity index (χ1) is 12.8. The molecule has 10 heteroatoms. The first kappa shape index (κ1) is 18.6. The van der Waals surface area contributed by atoms with Gasteiger partial charge in [0.25, 0.3) is 5.91 Å². The van der Waals surface area contributed by atoms with Crippen LogP contribution in [0.2, 0.25) is 0 Å². The average Bonchev–Trinajstić information content (AvgIpc) is 3.22. The maximum absolute atomic E-state index is 12.6. The van der Waals surface area contributed by atoms with E-state index < -0.39 is 36.0 Å². The molecule has 0 aliphatic carbocycles. The molecule has 1 aliphatic heterocycles. The van der Waals surface area contributed by atoms with E-state index in [1.807, 2.05) is 0 Å². The molecule has 27 heavy (non-hydrogen) atoms. The fourth-order valence-electron chi connectivity index (χ4n) is 2.58. The van der Waals surface area contributed by atoms with Crippen molar-refractivity contribution in [3.63, 3.8) is 0 Å². The fraction of sp³-hybridized carbons (Fsp3) is 0.176. The molecule has 0 radical (unpaired) electrons. The van der Waals surface area contributed by atoms with E-state index in [0.29, 0.717) is 5.69 Å². The number of benzene rings is 1. The highest BCUT2D eigenvalue weighted by molar-refractivity contribution is 9.10. The van der Waals surface area contributed by atoms with E-state index in [-0.39, 0.29) is 5.76 Å². The highest BCUT2D eigenvalue weighted by Gasteiger charge is 2.51. The molecule has 1 atom stereocenters. The summed E-state index contributed by atoms with van der Waals surface area (Å²) in [5, 5.41) is 7.05. The number of rotatable bonds is 4. The van der Waals surface area contributed by atoms with Crippen molar-refractivity contribution in [2.75, 3.05) is 11.9 Å². The summed E-state index contributed by atoms with van der Waals surface area (Å²) in [7, 11) is 0. The van der Waals surface area contributed by atoms with Gasteiger partial charge in [0.15, 0.2) is 5.54 Å². The molecule has 0 saturated carbocycles. The minimum atomic E-state index is -1.40. The Labute approximate surface area is 162 Å². The standard InChI is InChI=1S/C17H15BrN4O5/c1-17(12-3-2-8-27-12)14(24)22(16(26)21-17)9-13(23)20-15(25)19-11-6-4-10(18)5-7-11/h2-8H,9H2,1H3,(H,21,26)(H2,19,20,23,25). The van der Waals surface area contributed by atoms with Crippen LogP contribution in [-0.4, -0.2) is 35.3 Å². The monoisotopic (exact) mass is 434 g/mol. The number of nitrogens with zero attached hydrogens (tertiary/aromatic N) is 1. The van der Waals surface area contributed by atoms with E-state index in [2.05, 4.69) is 31.9 Å². The van der Waals surface area contributed by atoms with Gasteiger partial charge in [-0.25, -0.2) is 9.59 Å². The summed E-state index contributed by atoms with van der Waals surface area (Å²) in [6, 6.07) is 8.33. The molecule has 3 N–H and O–H groups in total. The third kappa shape index (κ3) is 3.85. The molecule has 3 rings (SSSR count). The van der Waals surface area contributed by atoms with Crippen molar-refractivity contribution in [2.45, 2.75) is 12.5 Å². The van der Waals surface area contributed by atoms with Gasteiger partial charge in [0.05, 0.1) is 6.26 Å². The maximum atomic E-state index is 12.6. The number of hydrogen-bond donors (Lipinski definition) is 3. The van der Waals surface area contributed by atoms with Gasteiger partial charge >= 0.3 is 12.1 Å². The molecule has 1 aromatic heterocycles. The molecule has 0 bridgehead atoms. The first-order valence-electron chi connectivity index (χ1n) is 7.84. The number of imide groups is 2. The molecule has 1 saturated heterocycles. The van der Waals surface area contributed by atoms with Crippen LogP contribution in [0.5, 0.6) is 0 Å². The molecule has 1 unspecified atom stereocenters. The van der Waals surface area contributed by atoms with Gasteiger partial charge in [-0.1, -0.05) is 15.9 Å². The largest absolute Gasteiger partial charge is 0.466 e. The molecule has 6 amide bonds. The van der Waals surface area contributed by atoms with Gasteiger partial charge in [0.2, 0.25) is 5.91 Å². The minimum absolute atomic E-state index is 0.247. The Bertz CT molecular complexity index is 897. The predicted molar refractivity (Wildman–Crippen MR) is 97.6 cm³/mol. The zero-order valence-electron chi connectivity index (χ0n) is 14.1.